The van der Waals surface area contributed by atoms with Gasteiger partial charge >= 0.3 is 0 Å². The minimum atomic E-state index is 0.438. The van der Waals surface area contributed by atoms with Crippen LogP contribution in [-0.2, 0) is 0 Å². The van der Waals surface area contributed by atoms with Crippen molar-refractivity contribution in [2.45, 2.75) is 0 Å². The highest BCUT2D eigenvalue weighted by Gasteiger charge is 2.07. The summed E-state index contributed by atoms with van der Waals surface area (Å²) in [5.74, 6) is 0.438. The largest absolute Gasteiger partial charge is 0.382 e. The molecule has 0 aliphatic heterocycles. The Morgan fingerprint density at radius 3 is 2.87 bits per heavy atom. The van der Waals surface area contributed by atoms with Gasteiger partial charge in [-0.2, -0.15) is 0 Å². The SMILES string of the molecule is CN=C(N)c1nc2ccccc2cc1Br. The molecule has 2 aromatic rings. The first-order chi connectivity index (χ1) is 7.22. The van der Waals surface area contributed by atoms with Crippen LogP contribution in [0.1, 0.15) is 5.69 Å². The van der Waals surface area contributed by atoms with Crippen LogP contribution in [0.25, 0.3) is 10.9 Å². The first-order valence-corrected chi connectivity index (χ1v) is 5.29. The molecule has 2 rings (SSSR count). The number of halogens is 1. The van der Waals surface area contributed by atoms with Gasteiger partial charge in [-0.05, 0) is 28.1 Å². The fourth-order valence-electron chi connectivity index (χ4n) is 1.38. The second kappa shape index (κ2) is 3.98. The second-order valence-corrected chi connectivity index (χ2v) is 3.97. The Balaban J connectivity index is 2.72. The number of nitrogens with two attached hydrogens (primary N) is 1. The fraction of sp³-hybridized carbons (Fsp3) is 0.0909. The van der Waals surface area contributed by atoms with E-state index in [2.05, 4.69) is 25.9 Å². The van der Waals surface area contributed by atoms with Crippen molar-refractivity contribution in [1.29, 1.82) is 0 Å². The molecule has 1 aromatic carbocycles. The summed E-state index contributed by atoms with van der Waals surface area (Å²) in [6, 6.07) is 9.89. The standard InChI is InChI=1S/C11H10BrN3/c1-14-11(13)10-8(12)6-7-4-2-3-5-9(7)15-10/h2-6H,1H3,(H2,13,14). The lowest BCUT2D eigenvalue weighted by molar-refractivity contribution is 1.29. The van der Waals surface area contributed by atoms with Gasteiger partial charge in [0.1, 0.15) is 11.5 Å². The number of pyridine rings is 1. The van der Waals surface area contributed by atoms with Gasteiger partial charge in [-0.15, -0.1) is 0 Å². The van der Waals surface area contributed by atoms with E-state index in [-0.39, 0.29) is 0 Å². The van der Waals surface area contributed by atoms with Gasteiger partial charge in [0.05, 0.1) is 5.52 Å². The molecular weight excluding hydrogens is 254 g/mol. The average molecular weight is 264 g/mol. The second-order valence-electron chi connectivity index (χ2n) is 3.12. The lowest BCUT2D eigenvalue weighted by Gasteiger charge is -2.04. The number of aromatic nitrogens is 1. The molecule has 4 heteroatoms. The van der Waals surface area contributed by atoms with Crippen molar-refractivity contribution in [3.63, 3.8) is 0 Å². The molecule has 76 valence electrons. The molecule has 0 spiro atoms. The molecule has 2 N–H and O–H groups in total. The zero-order chi connectivity index (χ0) is 10.8. The number of fused-ring (bicyclic) bond motifs is 1. The van der Waals surface area contributed by atoms with Crippen LogP contribution >= 0.6 is 15.9 Å². The molecule has 0 saturated carbocycles. The number of nitrogens with zero attached hydrogens (tertiary/aromatic N) is 2. The Labute approximate surface area is 96.2 Å². The quantitative estimate of drug-likeness (QED) is 0.634. The van der Waals surface area contributed by atoms with Crippen LogP contribution in [0.5, 0.6) is 0 Å². The summed E-state index contributed by atoms with van der Waals surface area (Å²) in [5, 5.41) is 1.08. The topological polar surface area (TPSA) is 51.3 Å². The molecular formula is C11H10BrN3. The lowest BCUT2D eigenvalue weighted by Crippen LogP contribution is -2.15. The van der Waals surface area contributed by atoms with Crippen LogP contribution in [0.15, 0.2) is 39.8 Å². The molecule has 0 fully saturated rings. The van der Waals surface area contributed by atoms with Crippen molar-refractivity contribution in [1.82, 2.24) is 4.98 Å². The first-order valence-electron chi connectivity index (χ1n) is 4.50. The molecule has 0 aliphatic carbocycles. The Morgan fingerprint density at radius 1 is 1.40 bits per heavy atom. The third-order valence-corrected chi connectivity index (χ3v) is 2.77. The van der Waals surface area contributed by atoms with Crippen molar-refractivity contribution >= 4 is 32.7 Å². The highest BCUT2D eigenvalue weighted by molar-refractivity contribution is 9.10. The van der Waals surface area contributed by atoms with Crippen molar-refractivity contribution in [3.8, 4) is 0 Å². The summed E-state index contributed by atoms with van der Waals surface area (Å²) in [5.41, 5.74) is 7.35. The van der Waals surface area contributed by atoms with E-state index in [1.807, 2.05) is 30.3 Å². The van der Waals surface area contributed by atoms with Crippen molar-refractivity contribution < 1.29 is 0 Å². The maximum atomic E-state index is 5.74. The van der Waals surface area contributed by atoms with Gasteiger partial charge in [0.15, 0.2) is 0 Å². The molecule has 15 heavy (non-hydrogen) atoms. The molecule has 0 atom stereocenters. The smallest absolute Gasteiger partial charge is 0.145 e. The summed E-state index contributed by atoms with van der Waals surface area (Å²) >= 11 is 3.44. The molecule has 0 bridgehead atoms. The van der Waals surface area contributed by atoms with Gasteiger partial charge in [-0.1, -0.05) is 18.2 Å². The number of aliphatic imine (C=N–C) groups is 1. The van der Waals surface area contributed by atoms with Gasteiger partial charge in [-0.25, -0.2) is 4.98 Å². The molecule has 1 aromatic heterocycles. The molecule has 3 nitrogen and oxygen atoms in total. The van der Waals surface area contributed by atoms with Gasteiger partial charge in [0.2, 0.25) is 0 Å². The van der Waals surface area contributed by atoms with E-state index in [1.165, 1.54) is 0 Å². The predicted molar refractivity (Wildman–Crippen MR) is 66.1 cm³/mol. The first kappa shape index (κ1) is 10.1. The zero-order valence-electron chi connectivity index (χ0n) is 8.24. The van der Waals surface area contributed by atoms with Crippen LogP contribution in [0.3, 0.4) is 0 Å². The number of hydrogen-bond acceptors (Lipinski definition) is 2. The monoisotopic (exact) mass is 263 g/mol. The van der Waals surface area contributed by atoms with E-state index in [9.17, 15) is 0 Å². The van der Waals surface area contributed by atoms with Gasteiger partial charge in [0, 0.05) is 16.9 Å². The van der Waals surface area contributed by atoms with Gasteiger partial charge < -0.3 is 5.73 Å². The van der Waals surface area contributed by atoms with E-state index in [4.69, 9.17) is 5.73 Å². The van der Waals surface area contributed by atoms with Crippen molar-refractivity contribution in [2.24, 2.45) is 10.7 Å². The Kier molecular flexibility index (Phi) is 2.68. The van der Waals surface area contributed by atoms with E-state index >= 15 is 0 Å². The normalized spacial score (nSPS) is 12.0. The highest BCUT2D eigenvalue weighted by Crippen LogP contribution is 2.21. The van der Waals surface area contributed by atoms with E-state index < -0.39 is 0 Å². The number of benzene rings is 1. The molecule has 0 amide bonds. The molecule has 0 radical (unpaired) electrons. The van der Waals surface area contributed by atoms with Crippen LogP contribution in [0.2, 0.25) is 0 Å². The van der Waals surface area contributed by atoms with E-state index in [0.29, 0.717) is 11.5 Å². The maximum absolute atomic E-state index is 5.74. The van der Waals surface area contributed by atoms with Crippen LogP contribution < -0.4 is 5.73 Å². The summed E-state index contributed by atoms with van der Waals surface area (Å²) < 4.78 is 0.865. The van der Waals surface area contributed by atoms with Crippen LogP contribution in [0.4, 0.5) is 0 Å². The zero-order valence-corrected chi connectivity index (χ0v) is 9.82. The summed E-state index contributed by atoms with van der Waals surface area (Å²) in [6.07, 6.45) is 0. The van der Waals surface area contributed by atoms with Crippen molar-refractivity contribution in [3.05, 3.63) is 40.5 Å². The van der Waals surface area contributed by atoms with E-state index in [0.717, 1.165) is 15.4 Å². The van der Waals surface area contributed by atoms with Gasteiger partial charge in [-0.3, -0.25) is 4.99 Å². The number of rotatable bonds is 1. The minimum absolute atomic E-state index is 0.438. The van der Waals surface area contributed by atoms with E-state index in [1.54, 1.807) is 7.05 Å². The molecule has 0 saturated heterocycles. The Hall–Kier alpha value is -1.42. The maximum Gasteiger partial charge on any atom is 0.145 e. The summed E-state index contributed by atoms with van der Waals surface area (Å²) in [6.45, 7) is 0. The Bertz CT molecular complexity index is 534. The van der Waals surface area contributed by atoms with Crippen LogP contribution in [0, 0.1) is 0 Å². The van der Waals surface area contributed by atoms with Crippen molar-refractivity contribution in [2.75, 3.05) is 7.05 Å². The average Bonchev–Trinajstić information content (AvgIpc) is 2.27. The minimum Gasteiger partial charge on any atom is -0.382 e. The third-order valence-electron chi connectivity index (χ3n) is 2.16. The number of para-hydroxylation sites is 1. The van der Waals surface area contributed by atoms with Gasteiger partial charge in [0.25, 0.3) is 0 Å². The molecule has 0 aliphatic rings. The summed E-state index contributed by atoms with van der Waals surface area (Å²) in [7, 11) is 1.65. The fourth-order valence-corrected chi connectivity index (χ4v) is 1.91. The summed E-state index contributed by atoms with van der Waals surface area (Å²) in [4.78, 5) is 8.37. The Morgan fingerprint density at radius 2 is 2.13 bits per heavy atom. The molecule has 1 heterocycles. The lowest BCUT2D eigenvalue weighted by atomic mass is 10.2. The number of amidine groups is 1. The highest BCUT2D eigenvalue weighted by atomic mass is 79.9. The number of hydrogen-bond donors (Lipinski definition) is 1. The third kappa shape index (κ3) is 1.85. The molecule has 0 unspecified atom stereocenters. The van der Waals surface area contributed by atoms with Crippen LogP contribution in [-0.4, -0.2) is 17.9 Å². The predicted octanol–water partition coefficient (Wildman–Crippen LogP) is 2.33.